The van der Waals surface area contributed by atoms with Gasteiger partial charge in [0.25, 0.3) is 0 Å². The first kappa shape index (κ1) is 9.78. The molecule has 0 fully saturated rings. The van der Waals surface area contributed by atoms with E-state index in [4.69, 9.17) is 0 Å². The zero-order valence-electron chi connectivity index (χ0n) is 8.90. The molecule has 2 aromatic carbocycles. The maximum absolute atomic E-state index is 3.39. The molecule has 0 bridgehead atoms. The minimum absolute atomic E-state index is 0.881. The molecule has 0 unspecified atom stereocenters. The maximum Gasteiger partial charge on any atom is 0.0400 e. The van der Waals surface area contributed by atoms with Crippen molar-refractivity contribution in [3.8, 4) is 0 Å². The van der Waals surface area contributed by atoms with E-state index in [1.54, 1.807) is 0 Å². The lowest BCUT2D eigenvalue weighted by atomic mass is 10.1. The first-order valence-corrected chi connectivity index (χ1v) is 5.19. The molecule has 0 heterocycles. The molecule has 1 heteroatoms. The van der Waals surface area contributed by atoms with Crippen LogP contribution in [0.1, 0.15) is 11.1 Å². The average molecular weight is 197 g/mol. The molecule has 0 atom stereocenters. The van der Waals surface area contributed by atoms with Gasteiger partial charge in [-0.15, -0.1) is 0 Å². The van der Waals surface area contributed by atoms with Gasteiger partial charge in [0.2, 0.25) is 0 Å². The third-order valence-corrected chi connectivity index (χ3v) is 2.35. The Bertz CT molecular complexity index is 420. The van der Waals surface area contributed by atoms with Crippen molar-refractivity contribution >= 4 is 5.69 Å². The van der Waals surface area contributed by atoms with Crippen LogP contribution < -0.4 is 5.32 Å². The molecule has 76 valence electrons. The van der Waals surface area contributed by atoms with Crippen molar-refractivity contribution in [2.75, 3.05) is 5.32 Å². The summed E-state index contributed by atoms with van der Waals surface area (Å²) in [5.74, 6) is 0. The summed E-state index contributed by atoms with van der Waals surface area (Å²) in [6.07, 6.45) is 0. The van der Waals surface area contributed by atoms with Crippen LogP contribution in [0.25, 0.3) is 0 Å². The third-order valence-electron chi connectivity index (χ3n) is 2.35. The first-order chi connectivity index (χ1) is 7.34. The summed E-state index contributed by atoms with van der Waals surface area (Å²) in [6, 6.07) is 18.8. The van der Waals surface area contributed by atoms with Gasteiger partial charge in [-0.25, -0.2) is 0 Å². The zero-order chi connectivity index (χ0) is 10.5. The molecular formula is C14H15N. The van der Waals surface area contributed by atoms with Gasteiger partial charge in [0.15, 0.2) is 0 Å². The fourth-order valence-electron chi connectivity index (χ4n) is 1.58. The fourth-order valence-corrected chi connectivity index (χ4v) is 1.58. The Morgan fingerprint density at radius 3 is 2.47 bits per heavy atom. The average Bonchev–Trinajstić information content (AvgIpc) is 2.28. The Morgan fingerprint density at radius 2 is 1.73 bits per heavy atom. The number of benzene rings is 2. The van der Waals surface area contributed by atoms with Gasteiger partial charge in [-0.1, -0.05) is 48.0 Å². The van der Waals surface area contributed by atoms with Crippen molar-refractivity contribution in [2.45, 2.75) is 13.5 Å². The van der Waals surface area contributed by atoms with Gasteiger partial charge >= 0.3 is 0 Å². The molecule has 2 aromatic rings. The van der Waals surface area contributed by atoms with Gasteiger partial charge in [-0.3, -0.25) is 0 Å². The van der Waals surface area contributed by atoms with Crippen LogP contribution in [-0.4, -0.2) is 0 Å². The Balaban J connectivity index is 1.99. The molecule has 0 radical (unpaired) electrons. The molecular weight excluding hydrogens is 182 g/mol. The van der Waals surface area contributed by atoms with Crippen molar-refractivity contribution in [1.29, 1.82) is 0 Å². The van der Waals surface area contributed by atoms with E-state index < -0.39 is 0 Å². The summed E-state index contributed by atoms with van der Waals surface area (Å²) in [5.41, 5.74) is 3.79. The van der Waals surface area contributed by atoms with Gasteiger partial charge in [0, 0.05) is 12.2 Å². The second kappa shape index (κ2) is 4.65. The number of anilines is 1. The molecule has 1 nitrogen and oxygen atoms in total. The molecule has 0 saturated carbocycles. The highest BCUT2D eigenvalue weighted by Gasteiger charge is 1.93. The van der Waals surface area contributed by atoms with Crippen LogP contribution in [0.2, 0.25) is 0 Å². The largest absolute Gasteiger partial charge is 0.381 e. The van der Waals surface area contributed by atoms with Crippen molar-refractivity contribution in [3.63, 3.8) is 0 Å². The van der Waals surface area contributed by atoms with E-state index in [1.165, 1.54) is 16.8 Å². The van der Waals surface area contributed by atoms with E-state index in [2.05, 4.69) is 48.6 Å². The van der Waals surface area contributed by atoms with Crippen molar-refractivity contribution in [1.82, 2.24) is 0 Å². The molecule has 0 aliphatic heterocycles. The highest BCUT2D eigenvalue weighted by atomic mass is 14.9. The summed E-state index contributed by atoms with van der Waals surface area (Å²) in [4.78, 5) is 0. The highest BCUT2D eigenvalue weighted by Crippen LogP contribution is 2.09. The second-order valence-electron chi connectivity index (χ2n) is 3.71. The number of aryl methyl sites for hydroxylation is 1. The number of para-hydroxylation sites is 1. The van der Waals surface area contributed by atoms with Crippen LogP contribution in [0.5, 0.6) is 0 Å². The normalized spacial score (nSPS) is 9.93. The molecule has 0 aromatic heterocycles. The quantitative estimate of drug-likeness (QED) is 0.792. The van der Waals surface area contributed by atoms with Crippen LogP contribution in [0.3, 0.4) is 0 Å². The molecule has 0 saturated heterocycles. The van der Waals surface area contributed by atoms with Crippen LogP contribution in [0, 0.1) is 6.92 Å². The fraction of sp³-hybridized carbons (Fsp3) is 0.143. The predicted molar refractivity (Wildman–Crippen MR) is 64.9 cm³/mol. The van der Waals surface area contributed by atoms with Crippen LogP contribution >= 0.6 is 0 Å². The Kier molecular flexibility index (Phi) is 3.03. The lowest BCUT2D eigenvalue weighted by molar-refractivity contribution is 1.14. The number of hydrogen-bond donors (Lipinski definition) is 1. The highest BCUT2D eigenvalue weighted by molar-refractivity contribution is 5.43. The van der Waals surface area contributed by atoms with Crippen molar-refractivity contribution in [2.24, 2.45) is 0 Å². The lowest BCUT2D eigenvalue weighted by Crippen LogP contribution is -1.98. The minimum atomic E-state index is 0.881. The van der Waals surface area contributed by atoms with Gasteiger partial charge in [-0.2, -0.15) is 0 Å². The Morgan fingerprint density at radius 1 is 0.933 bits per heavy atom. The summed E-state index contributed by atoms with van der Waals surface area (Å²) in [7, 11) is 0. The zero-order valence-corrected chi connectivity index (χ0v) is 8.90. The number of nitrogens with one attached hydrogen (secondary N) is 1. The van der Waals surface area contributed by atoms with Gasteiger partial charge in [-0.05, 0) is 24.6 Å². The van der Waals surface area contributed by atoms with E-state index in [1.807, 2.05) is 18.2 Å². The van der Waals surface area contributed by atoms with Crippen LogP contribution in [-0.2, 0) is 6.54 Å². The van der Waals surface area contributed by atoms with Gasteiger partial charge in [0.1, 0.15) is 0 Å². The molecule has 0 aliphatic carbocycles. The molecule has 0 amide bonds. The number of rotatable bonds is 3. The Labute approximate surface area is 90.8 Å². The van der Waals surface area contributed by atoms with E-state index in [-0.39, 0.29) is 0 Å². The maximum atomic E-state index is 3.39. The Hall–Kier alpha value is -1.76. The molecule has 0 aliphatic rings. The first-order valence-electron chi connectivity index (χ1n) is 5.19. The summed E-state index contributed by atoms with van der Waals surface area (Å²) < 4.78 is 0. The summed E-state index contributed by atoms with van der Waals surface area (Å²) in [6.45, 7) is 3.00. The van der Waals surface area contributed by atoms with Crippen molar-refractivity contribution in [3.05, 3.63) is 65.7 Å². The predicted octanol–water partition coefficient (Wildman–Crippen LogP) is 3.61. The molecule has 2 rings (SSSR count). The van der Waals surface area contributed by atoms with Crippen molar-refractivity contribution < 1.29 is 0 Å². The van der Waals surface area contributed by atoms with Gasteiger partial charge in [0.05, 0.1) is 0 Å². The summed E-state index contributed by atoms with van der Waals surface area (Å²) in [5, 5.41) is 3.39. The van der Waals surface area contributed by atoms with E-state index in [9.17, 15) is 0 Å². The smallest absolute Gasteiger partial charge is 0.0400 e. The van der Waals surface area contributed by atoms with Crippen LogP contribution in [0.15, 0.2) is 54.6 Å². The second-order valence-corrected chi connectivity index (χ2v) is 3.71. The third kappa shape index (κ3) is 2.84. The van der Waals surface area contributed by atoms with E-state index >= 15 is 0 Å². The lowest BCUT2D eigenvalue weighted by Gasteiger charge is -2.06. The van der Waals surface area contributed by atoms with E-state index in [0.717, 1.165) is 6.54 Å². The molecule has 1 N–H and O–H groups in total. The standard InChI is InChI=1S/C14H15N/c1-12-6-5-7-13(10-12)11-15-14-8-3-2-4-9-14/h2-10,15H,11H2,1H3. The summed E-state index contributed by atoms with van der Waals surface area (Å²) >= 11 is 0. The van der Waals surface area contributed by atoms with Gasteiger partial charge < -0.3 is 5.32 Å². The topological polar surface area (TPSA) is 12.0 Å². The monoisotopic (exact) mass is 197 g/mol. The minimum Gasteiger partial charge on any atom is -0.381 e. The molecule has 15 heavy (non-hydrogen) atoms. The van der Waals surface area contributed by atoms with Crippen LogP contribution in [0.4, 0.5) is 5.69 Å². The van der Waals surface area contributed by atoms with E-state index in [0.29, 0.717) is 0 Å². The SMILES string of the molecule is Cc1cccc(CNc2ccccc2)c1. The number of hydrogen-bond acceptors (Lipinski definition) is 1. The molecule has 0 spiro atoms.